The lowest BCUT2D eigenvalue weighted by molar-refractivity contribution is -0.139. The number of rotatable bonds is 10. The maximum Gasteiger partial charge on any atom is 0.423 e. The van der Waals surface area contributed by atoms with E-state index in [1.165, 1.54) is 6.07 Å². The molecule has 4 N–H and O–H groups in total. The average Bonchev–Trinajstić information content (AvgIpc) is 2.93. The van der Waals surface area contributed by atoms with Crippen LogP contribution in [-0.4, -0.2) is 44.0 Å². The molecule has 45 heavy (non-hydrogen) atoms. The van der Waals surface area contributed by atoms with Gasteiger partial charge < -0.3 is 20.4 Å². The van der Waals surface area contributed by atoms with Crippen molar-refractivity contribution in [1.82, 2.24) is 24.7 Å². The van der Waals surface area contributed by atoms with Gasteiger partial charge >= 0.3 is 19.0 Å². The van der Waals surface area contributed by atoms with Gasteiger partial charge in [0.05, 0.1) is 29.4 Å². The number of anilines is 2. The Labute approximate surface area is 243 Å². The molecule has 0 amide bonds. The molecule has 0 aliphatic heterocycles. The summed E-state index contributed by atoms with van der Waals surface area (Å²) in [4.78, 5) is 31.5. The molecular weight excluding hydrogens is 636 g/mol. The Balaban J connectivity index is 1.58. The Hall–Kier alpha value is -4.75. The van der Waals surface area contributed by atoms with Gasteiger partial charge in [0, 0.05) is 25.0 Å². The minimum absolute atomic E-state index is 0.103. The summed E-state index contributed by atoms with van der Waals surface area (Å²) in [6.45, 7) is -4.38. The first-order valence-corrected chi connectivity index (χ1v) is 12.5. The van der Waals surface area contributed by atoms with Gasteiger partial charge in [-0.25, -0.2) is 23.8 Å². The van der Waals surface area contributed by atoms with Crippen LogP contribution in [0.2, 0.25) is 0 Å². The lowest BCUT2D eigenvalue weighted by atomic mass is 10.1. The van der Waals surface area contributed by atoms with Crippen LogP contribution in [0, 0.1) is 11.6 Å². The molecule has 0 spiro atoms. The average molecular weight is 655 g/mol. The molecule has 4 rings (SSSR count). The van der Waals surface area contributed by atoms with Gasteiger partial charge in [-0.15, -0.1) is 0 Å². The molecule has 20 heteroatoms. The summed E-state index contributed by atoms with van der Waals surface area (Å²) in [6, 6.07) is 0.841. The summed E-state index contributed by atoms with van der Waals surface area (Å²) in [6.07, 6.45) is -8.29. The molecule has 0 bridgehead atoms. The van der Waals surface area contributed by atoms with Gasteiger partial charge in [-0.2, -0.15) is 40.2 Å². The Morgan fingerprint density at radius 2 is 1.76 bits per heavy atom. The van der Waals surface area contributed by atoms with E-state index in [1.807, 2.05) is 0 Å². The molecule has 4 aromatic rings. The summed E-state index contributed by atoms with van der Waals surface area (Å²) < 4.78 is 140. The van der Waals surface area contributed by atoms with Crippen LogP contribution >= 0.6 is 0 Å². The summed E-state index contributed by atoms with van der Waals surface area (Å²) >= 11 is 0. The highest BCUT2D eigenvalue weighted by Gasteiger charge is 2.38. The molecule has 0 fully saturated rings. The van der Waals surface area contributed by atoms with Crippen LogP contribution in [0.4, 0.5) is 55.4 Å². The number of hydrogen-bond acceptors (Lipinski definition) is 8. The van der Waals surface area contributed by atoms with Crippen molar-refractivity contribution < 1.29 is 48.6 Å². The van der Waals surface area contributed by atoms with E-state index in [1.54, 1.807) is 5.10 Å². The van der Waals surface area contributed by atoms with E-state index in [2.05, 4.69) is 25.1 Å². The quantitative estimate of drug-likeness (QED) is 0.204. The number of H-pyrrole nitrogens is 1. The Morgan fingerprint density at radius 1 is 1.04 bits per heavy atom. The first-order chi connectivity index (χ1) is 21.0. The molecule has 10 nitrogen and oxygen atoms in total. The van der Waals surface area contributed by atoms with Crippen molar-refractivity contribution in [3.8, 4) is 11.4 Å². The molecule has 0 radical (unpaired) electrons. The van der Waals surface area contributed by atoms with E-state index in [0.29, 0.717) is 12.4 Å². The van der Waals surface area contributed by atoms with Crippen LogP contribution in [0.1, 0.15) is 24.0 Å². The first kappa shape index (κ1) is 33.1. The number of fused-ring (bicyclic) bond motifs is 1. The van der Waals surface area contributed by atoms with Crippen LogP contribution in [0.3, 0.4) is 0 Å². The van der Waals surface area contributed by atoms with Gasteiger partial charge in [-0.1, -0.05) is 0 Å². The van der Waals surface area contributed by atoms with Crippen LogP contribution < -0.4 is 22.2 Å². The lowest BCUT2D eigenvalue weighted by Gasteiger charge is -2.22. The van der Waals surface area contributed by atoms with Crippen molar-refractivity contribution in [3.05, 3.63) is 74.2 Å². The highest BCUT2D eigenvalue weighted by Crippen LogP contribution is 2.35. The summed E-state index contributed by atoms with van der Waals surface area (Å²) in [5.41, 5.74) is -1.90. The second-order valence-electron chi connectivity index (χ2n) is 9.38. The number of nitrogens with zero attached hydrogens (tertiary/aromatic N) is 4. The van der Waals surface area contributed by atoms with Gasteiger partial charge in [-0.3, -0.25) is 9.59 Å². The Kier molecular flexibility index (Phi) is 9.35. The van der Waals surface area contributed by atoms with Gasteiger partial charge in [0.1, 0.15) is 16.9 Å². The highest BCUT2D eigenvalue weighted by molar-refractivity contribution is 5.86. The maximum absolute atomic E-state index is 15.1. The number of hydrogen-bond donors (Lipinski definition) is 3. The number of nitrogens with one attached hydrogen (secondary N) is 2. The van der Waals surface area contributed by atoms with Gasteiger partial charge in [0.15, 0.2) is 17.5 Å². The molecule has 242 valence electrons. The molecule has 0 saturated heterocycles. The van der Waals surface area contributed by atoms with E-state index >= 15 is 4.39 Å². The van der Waals surface area contributed by atoms with E-state index in [4.69, 9.17) is 5.73 Å². The number of aryl methyl sites for hydroxylation is 1. The van der Waals surface area contributed by atoms with Gasteiger partial charge in [0.2, 0.25) is 0 Å². The second kappa shape index (κ2) is 12.7. The first-order valence-electron chi connectivity index (χ1n) is 12.5. The third-order valence-electron chi connectivity index (χ3n) is 6.38. The summed E-state index contributed by atoms with van der Waals surface area (Å²) in [7, 11) is 0. The minimum Gasteiger partial charge on any atom is -0.383 e. The number of pyridine rings is 1. The molecule has 0 aliphatic rings. The third-order valence-corrected chi connectivity index (χ3v) is 6.38. The number of alkyl halides is 8. The number of ether oxygens (including phenoxy) is 1. The number of aromatic amines is 1. The predicted octanol–water partition coefficient (Wildman–Crippen LogP) is 4.94. The number of halogens is 10. The smallest absolute Gasteiger partial charge is 0.383 e. The fraction of sp³-hybridized carbons (Fsp3) is 0.320. The molecule has 1 atom stereocenters. The SMILES string of the molecule is Nc1nc(-c2cc3ccn(CCCC(COC(F)F)Nc4cn[nH]c(=O)c4C(F)(F)F)c(=O)c3c(F)c2F)ncc1C(F)(F)F. The lowest BCUT2D eigenvalue weighted by Crippen LogP contribution is -2.32. The third kappa shape index (κ3) is 7.32. The number of nitrogen functional groups attached to an aromatic ring is 1. The zero-order valence-electron chi connectivity index (χ0n) is 22.2. The molecule has 1 aromatic carbocycles. The summed E-state index contributed by atoms with van der Waals surface area (Å²) in [5, 5.41) is 6.26. The monoisotopic (exact) mass is 655 g/mol. The van der Waals surface area contributed by atoms with Gasteiger partial charge in [0.25, 0.3) is 11.1 Å². The normalized spacial score (nSPS) is 13.0. The Morgan fingerprint density at radius 3 is 2.38 bits per heavy atom. The molecule has 3 aromatic heterocycles. The van der Waals surface area contributed by atoms with Crippen LogP contribution in [0.5, 0.6) is 0 Å². The van der Waals surface area contributed by atoms with E-state index in [0.717, 1.165) is 16.8 Å². The van der Waals surface area contributed by atoms with Gasteiger partial charge in [-0.05, 0) is 30.4 Å². The van der Waals surface area contributed by atoms with Crippen LogP contribution in [0.25, 0.3) is 22.2 Å². The number of nitrogens with two attached hydrogens (primary N) is 1. The molecule has 0 saturated carbocycles. The molecular formula is C25H19F10N7O3. The fourth-order valence-electron chi connectivity index (χ4n) is 4.36. The molecule has 3 heterocycles. The van der Waals surface area contributed by atoms with Crippen molar-refractivity contribution >= 4 is 22.3 Å². The Bertz CT molecular complexity index is 1820. The zero-order chi connectivity index (χ0) is 33.3. The minimum atomic E-state index is -5.13. The molecule has 0 aliphatic carbocycles. The van der Waals surface area contributed by atoms with Crippen LogP contribution in [-0.2, 0) is 23.6 Å². The van der Waals surface area contributed by atoms with E-state index in [9.17, 15) is 49.1 Å². The topological polar surface area (TPSA) is 141 Å². The maximum atomic E-state index is 15.1. The molecule has 1 unspecified atom stereocenters. The van der Waals surface area contributed by atoms with Crippen molar-refractivity contribution in [2.75, 3.05) is 17.7 Å². The van der Waals surface area contributed by atoms with Crippen molar-refractivity contribution in [2.45, 2.75) is 44.4 Å². The highest BCUT2D eigenvalue weighted by atomic mass is 19.4. The van der Waals surface area contributed by atoms with Crippen LogP contribution in [0.15, 0.2) is 40.3 Å². The standard InChI is InChI=1S/C25H19F10N7O3/c26-17-12(20-37-7-13(19(36)40-20)24(30,31)32)6-10-3-5-42(22(44)15(10)18(17)27)4-1-2-11(9-45-23(28)29)39-14-8-38-41-21(43)16(14)25(33,34)35/h3,5-8,11,23H,1-2,4,9H2,(H2,36,37,40)(H2,39,41,43). The van der Waals surface area contributed by atoms with Crippen molar-refractivity contribution in [2.24, 2.45) is 0 Å². The number of benzene rings is 1. The zero-order valence-corrected chi connectivity index (χ0v) is 22.2. The largest absolute Gasteiger partial charge is 0.423 e. The predicted molar refractivity (Wildman–Crippen MR) is 137 cm³/mol. The summed E-state index contributed by atoms with van der Waals surface area (Å²) in [5.74, 6) is -5.05. The van der Waals surface area contributed by atoms with Crippen molar-refractivity contribution in [1.29, 1.82) is 0 Å². The second-order valence-corrected chi connectivity index (χ2v) is 9.38. The van der Waals surface area contributed by atoms with E-state index in [-0.39, 0.29) is 24.8 Å². The van der Waals surface area contributed by atoms with Crippen molar-refractivity contribution in [3.63, 3.8) is 0 Å². The van der Waals surface area contributed by atoms with E-state index < -0.39 is 93.8 Å². The fourth-order valence-corrected chi connectivity index (χ4v) is 4.36. The number of aromatic nitrogens is 5.